The Morgan fingerprint density at radius 3 is 2.34 bits per heavy atom. The van der Waals surface area contributed by atoms with Gasteiger partial charge in [0.2, 0.25) is 15.9 Å². The van der Waals surface area contributed by atoms with E-state index in [-0.39, 0.29) is 12.0 Å². The van der Waals surface area contributed by atoms with Crippen molar-refractivity contribution in [1.82, 2.24) is 0 Å². The molecule has 0 bridgehead atoms. The molecule has 6 nitrogen and oxygen atoms in total. The fourth-order valence-corrected chi connectivity index (χ4v) is 6.75. The Morgan fingerprint density at radius 2 is 1.76 bits per heavy atom. The first-order chi connectivity index (χ1) is 13.7. The van der Waals surface area contributed by atoms with Crippen molar-refractivity contribution in [3.8, 4) is 5.75 Å². The van der Waals surface area contributed by atoms with Crippen molar-refractivity contribution in [2.75, 3.05) is 16.2 Å². The molecule has 2 fully saturated rings. The van der Waals surface area contributed by atoms with E-state index in [0.717, 1.165) is 11.1 Å². The van der Waals surface area contributed by atoms with Crippen LogP contribution in [0, 0.1) is 19.8 Å². The van der Waals surface area contributed by atoms with Crippen molar-refractivity contribution >= 4 is 27.3 Å². The Morgan fingerprint density at radius 1 is 1.14 bits per heavy atom. The summed E-state index contributed by atoms with van der Waals surface area (Å²) in [7, 11) is -3.80. The highest BCUT2D eigenvalue weighted by Gasteiger charge is 2.75. The molecule has 0 aromatic heterocycles. The highest BCUT2D eigenvalue weighted by Crippen LogP contribution is 2.59. The van der Waals surface area contributed by atoms with Gasteiger partial charge >= 0.3 is 0 Å². The molecule has 1 amide bonds. The topological polar surface area (TPSA) is 75.7 Å². The number of anilines is 2. The number of rotatable bonds is 5. The van der Waals surface area contributed by atoms with Gasteiger partial charge in [0.25, 0.3) is 0 Å². The Hall–Kier alpha value is -2.54. The first-order valence-corrected chi connectivity index (χ1v) is 11.3. The number of carbonyl (C=O) groups excluding carboxylic acids is 1. The Kier molecular flexibility index (Phi) is 4.61. The normalized spacial score (nSPS) is 24.3. The summed E-state index contributed by atoms with van der Waals surface area (Å²) in [5, 5.41) is 2.80. The molecule has 1 aliphatic carbocycles. The van der Waals surface area contributed by atoms with Crippen molar-refractivity contribution in [2.24, 2.45) is 5.92 Å². The fraction of sp³-hybridized carbons (Fsp3) is 0.409. The van der Waals surface area contributed by atoms with E-state index in [1.165, 1.54) is 4.31 Å². The molecule has 1 saturated carbocycles. The van der Waals surface area contributed by atoms with E-state index in [1.54, 1.807) is 24.3 Å². The van der Waals surface area contributed by atoms with Crippen LogP contribution in [0.25, 0.3) is 0 Å². The highest BCUT2D eigenvalue weighted by molar-refractivity contribution is 7.95. The van der Waals surface area contributed by atoms with Crippen molar-refractivity contribution < 1.29 is 17.9 Å². The molecule has 0 spiro atoms. The standard InChI is InChI=1S/C22H26N2O4S/c1-14(2)28-19-10-8-18(9-11-19)23-21(25)22-12-17(22)13-24(29(22,26)27)20-15(3)6-5-7-16(20)4/h5-11,14,17H,12-13H2,1-4H3,(H,23,25)/t17-,22-/m0/s1. The predicted octanol–water partition coefficient (Wildman–Crippen LogP) is 3.64. The van der Waals surface area contributed by atoms with Crippen LogP contribution in [-0.2, 0) is 14.8 Å². The van der Waals surface area contributed by atoms with Crippen LogP contribution in [-0.4, -0.2) is 31.7 Å². The zero-order chi connectivity index (χ0) is 21.0. The van der Waals surface area contributed by atoms with Gasteiger partial charge in [0.1, 0.15) is 5.75 Å². The third-order valence-corrected chi connectivity index (χ3v) is 8.26. The third kappa shape index (κ3) is 3.08. The second-order valence-electron chi connectivity index (χ2n) is 8.21. The Bertz CT molecular complexity index is 1040. The summed E-state index contributed by atoms with van der Waals surface area (Å²) >= 11 is 0. The number of nitrogens with zero attached hydrogens (tertiary/aromatic N) is 1. The van der Waals surface area contributed by atoms with Crippen LogP contribution in [0.3, 0.4) is 0 Å². The van der Waals surface area contributed by atoms with Crippen LogP contribution >= 0.6 is 0 Å². The Labute approximate surface area is 171 Å². The molecule has 4 rings (SSSR count). The Balaban J connectivity index is 1.57. The van der Waals surface area contributed by atoms with Gasteiger partial charge in [0, 0.05) is 18.2 Å². The number of aryl methyl sites for hydroxylation is 2. The minimum atomic E-state index is -3.80. The molecule has 2 aromatic carbocycles. The van der Waals surface area contributed by atoms with Crippen molar-refractivity contribution in [1.29, 1.82) is 0 Å². The van der Waals surface area contributed by atoms with E-state index < -0.39 is 20.7 Å². The van der Waals surface area contributed by atoms with Gasteiger partial charge in [-0.05, 0) is 69.5 Å². The molecular formula is C22H26N2O4S. The highest BCUT2D eigenvalue weighted by atomic mass is 32.2. The van der Waals surface area contributed by atoms with Crippen LogP contribution in [0.15, 0.2) is 42.5 Å². The lowest BCUT2D eigenvalue weighted by molar-refractivity contribution is -0.116. The first-order valence-electron chi connectivity index (χ1n) is 9.83. The molecule has 0 unspecified atom stereocenters. The van der Waals surface area contributed by atoms with E-state index >= 15 is 0 Å². The summed E-state index contributed by atoms with van der Waals surface area (Å²) < 4.78 is 32.5. The summed E-state index contributed by atoms with van der Waals surface area (Å²) in [6, 6.07) is 12.7. The van der Waals surface area contributed by atoms with Crippen LogP contribution in [0.5, 0.6) is 5.75 Å². The number of hydrogen-bond donors (Lipinski definition) is 1. The van der Waals surface area contributed by atoms with E-state index in [2.05, 4.69) is 5.32 Å². The maximum absolute atomic E-state index is 13.4. The van der Waals surface area contributed by atoms with Gasteiger partial charge in [0.05, 0.1) is 11.8 Å². The second-order valence-corrected chi connectivity index (χ2v) is 10.3. The zero-order valence-electron chi connectivity index (χ0n) is 17.1. The van der Waals surface area contributed by atoms with Crippen LogP contribution < -0.4 is 14.4 Å². The maximum atomic E-state index is 13.4. The smallest absolute Gasteiger partial charge is 0.250 e. The van der Waals surface area contributed by atoms with Gasteiger partial charge in [0.15, 0.2) is 4.75 Å². The molecule has 2 aliphatic rings. The molecule has 7 heteroatoms. The van der Waals surface area contributed by atoms with Crippen molar-refractivity contribution in [3.05, 3.63) is 53.6 Å². The van der Waals surface area contributed by atoms with Gasteiger partial charge in [-0.15, -0.1) is 0 Å². The number of amides is 1. The number of ether oxygens (including phenoxy) is 1. The maximum Gasteiger partial charge on any atom is 0.250 e. The number of para-hydroxylation sites is 1. The number of hydrogen-bond acceptors (Lipinski definition) is 4. The van der Waals surface area contributed by atoms with Gasteiger partial charge in [-0.2, -0.15) is 0 Å². The van der Waals surface area contributed by atoms with Gasteiger partial charge in [-0.25, -0.2) is 8.42 Å². The lowest BCUT2D eigenvalue weighted by Gasteiger charge is -2.26. The van der Waals surface area contributed by atoms with E-state index in [1.807, 2.05) is 45.9 Å². The SMILES string of the molecule is Cc1cccc(C)c1N1C[C@@H]2C[C@]2(C(=O)Nc2ccc(OC(C)C)cc2)S1(=O)=O. The van der Waals surface area contributed by atoms with Gasteiger partial charge in [-0.3, -0.25) is 9.10 Å². The monoisotopic (exact) mass is 414 g/mol. The quantitative estimate of drug-likeness (QED) is 0.811. The number of carbonyl (C=O) groups is 1. The number of benzene rings is 2. The molecule has 1 N–H and O–H groups in total. The van der Waals surface area contributed by atoms with Crippen LogP contribution in [0.4, 0.5) is 11.4 Å². The third-order valence-electron chi connectivity index (χ3n) is 5.74. The number of fused-ring (bicyclic) bond motifs is 1. The molecule has 1 heterocycles. The lowest BCUT2D eigenvalue weighted by Crippen LogP contribution is -2.42. The minimum absolute atomic E-state index is 0.0565. The molecule has 154 valence electrons. The second kappa shape index (κ2) is 6.76. The number of sulfonamides is 1. The summed E-state index contributed by atoms with van der Waals surface area (Å²) in [5.41, 5.74) is 3.05. The first kappa shape index (κ1) is 19.8. The summed E-state index contributed by atoms with van der Waals surface area (Å²) in [6.07, 6.45) is 0.429. The van der Waals surface area contributed by atoms with E-state index in [4.69, 9.17) is 4.74 Å². The van der Waals surface area contributed by atoms with Gasteiger partial charge in [-0.1, -0.05) is 18.2 Å². The molecule has 0 radical (unpaired) electrons. The minimum Gasteiger partial charge on any atom is -0.491 e. The summed E-state index contributed by atoms with van der Waals surface area (Å²) in [5.74, 6) is 0.0685. The number of nitrogens with one attached hydrogen (secondary N) is 1. The summed E-state index contributed by atoms with van der Waals surface area (Å²) in [4.78, 5) is 13.1. The molecular weight excluding hydrogens is 388 g/mol. The fourth-order valence-electron chi connectivity index (χ4n) is 4.26. The molecule has 2 aromatic rings. The lowest BCUT2D eigenvalue weighted by atomic mass is 10.1. The molecule has 1 saturated heterocycles. The average molecular weight is 415 g/mol. The molecule has 1 aliphatic heterocycles. The van der Waals surface area contributed by atoms with Crippen molar-refractivity contribution in [3.63, 3.8) is 0 Å². The predicted molar refractivity (Wildman–Crippen MR) is 114 cm³/mol. The molecule has 29 heavy (non-hydrogen) atoms. The van der Waals surface area contributed by atoms with E-state index in [9.17, 15) is 13.2 Å². The molecule has 2 atom stereocenters. The average Bonchev–Trinajstić information content (AvgIpc) is 3.33. The van der Waals surface area contributed by atoms with Gasteiger partial charge < -0.3 is 10.1 Å². The van der Waals surface area contributed by atoms with E-state index in [0.29, 0.717) is 30.1 Å². The van der Waals surface area contributed by atoms with Crippen molar-refractivity contribution in [2.45, 2.75) is 45.0 Å². The zero-order valence-corrected chi connectivity index (χ0v) is 17.9. The van der Waals surface area contributed by atoms with Crippen LogP contribution in [0.2, 0.25) is 0 Å². The summed E-state index contributed by atoms with van der Waals surface area (Å²) in [6.45, 7) is 8.02. The van der Waals surface area contributed by atoms with Crippen LogP contribution in [0.1, 0.15) is 31.4 Å². The largest absolute Gasteiger partial charge is 0.491 e.